The van der Waals surface area contributed by atoms with E-state index in [-0.39, 0.29) is 11.3 Å². The Labute approximate surface area is 130 Å². The fourth-order valence-corrected chi connectivity index (χ4v) is 2.46. The Bertz CT molecular complexity index is 915. The molecule has 0 unspecified atom stereocenters. The van der Waals surface area contributed by atoms with Gasteiger partial charge in [-0.25, -0.2) is 9.18 Å². The molecule has 0 aliphatic carbocycles. The van der Waals surface area contributed by atoms with E-state index >= 15 is 0 Å². The van der Waals surface area contributed by atoms with Gasteiger partial charge in [0.1, 0.15) is 5.82 Å². The average molecular weight is 309 g/mol. The summed E-state index contributed by atoms with van der Waals surface area (Å²) >= 11 is 0. The van der Waals surface area contributed by atoms with Gasteiger partial charge in [-0.15, -0.1) is 0 Å². The molecular weight excluding hydrogens is 297 g/mol. The van der Waals surface area contributed by atoms with Crippen molar-refractivity contribution in [3.05, 3.63) is 82.4 Å². The molecule has 0 fully saturated rings. The number of hydrogen-bond acceptors (Lipinski definition) is 2. The van der Waals surface area contributed by atoms with E-state index in [2.05, 4.69) is 4.98 Å². The summed E-state index contributed by atoms with van der Waals surface area (Å²) in [7, 11) is 0. The van der Waals surface area contributed by atoms with Gasteiger partial charge < -0.3 is 10.1 Å². The molecule has 0 radical (unpaired) electrons. The molecule has 2 N–H and O–H groups in total. The Morgan fingerprint density at radius 2 is 1.61 bits per heavy atom. The van der Waals surface area contributed by atoms with Gasteiger partial charge in [-0.3, -0.25) is 4.79 Å². The highest BCUT2D eigenvalue weighted by atomic mass is 19.1. The molecule has 0 amide bonds. The van der Waals surface area contributed by atoms with Crippen LogP contribution in [0.5, 0.6) is 0 Å². The van der Waals surface area contributed by atoms with Crippen LogP contribution in [0.2, 0.25) is 0 Å². The predicted molar refractivity (Wildman–Crippen MR) is 84.9 cm³/mol. The quantitative estimate of drug-likeness (QED) is 0.777. The van der Waals surface area contributed by atoms with Gasteiger partial charge in [0.2, 0.25) is 5.56 Å². The second-order valence-electron chi connectivity index (χ2n) is 4.98. The third-order valence-electron chi connectivity index (χ3n) is 3.47. The highest BCUT2D eigenvalue weighted by molar-refractivity contribution is 6.01. The van der Waals surface area contributed by atoms with Gasteiger partial charge in [0, 0.05) is 11.6 Å². The lowest BCUT2D eigenvalue weighted by Gasteiger charge is -2.11. The van der Waals surface area contributed by atoms with Crippen molar-refractivity contribution in [1.82, 2.24) is 4.98 Å². The van der Waals surface area contributed by atoms with Crippen LogP contribution in [0, 0.1) is 5.82 Å². The van der Waals surface area contributed by atoms with Crippen LogP contribution in [-0.4, -0.2) is 16.1 Å². The third-order valence-corrected chi connectivity index (χ3v) is 3.47. The standard InChI is InChI=1S/C18H12FNO3/c19-13-8-6-12(7-9-13)17-16(18(22)23)14(10-15(21)20-17)11-4-2-1-3-5-11/h1-10H,(H,20,21)(H,22,23). The number of aromatic nitrogens is 1. The van der Waals surface area contributed by atoms with Crippen LogP contribution in [-0.2, 0) is 0 Å². The molecule has 3 rings (SSSR count). The molecule has 0 aliphatic heterocycles. The number of nitrogens with one attached hydrogen (secondary N) is 1. The molecule has 1 heterocycles. The number of aromatic amines is 1. The molecule has 0 bridgehead atoms. The minimum Gasteiger partial charge on any atom is -0.478 e. The molecule has 0 saturated heterocycles. The van der Waals surface area contributed by atoms with E-state index in [0.29, 0.717) is 16.7 Å². The molecule has 0 atom stereocenters. The van der Waals surface area contributed by atoms with Crippen molar-refractivity contribution in [1.29, 1.82) is 0 Å². The van der Waals surface area contributed by atoms with Crippen LogP contribution in [0.15, 0.2) is 65.5 Å². The first-order valence-corrected chi connectivity index (χ1v) is 6.88. The number of carboxylic acids is 1. The van der Waals surface area contributed by atoms with Crippen LogP contribution in [0.4, 0.5) is 4.39 Å². The maximum Gasteiger partial charge on any atom is 0.338 e. The molecule has 4 nitrogen and oxygen atoms in total. The van der Waals surface area contributed by atoms with Crippen molar-refractivity contribution in [2.45, 2.75) is 0 Å². The molecule has 23 heavy (non-hydrogen) atoms. The first-order chi connectivity index (χ1) is 11.1. The van der Waals surface area contributed by atoms with Gasteiger partial charge in [0.05, 0.1) is 11.3 Å². The largest absolute Gasteiger partial charge is 0.478 e. The summed E-state index contributed by atoms with van der Waals surface area (Å²) in [6.45, 7) is 0. The van der Waals surface area contributed by atoms with Gasteiger partial charge in [-0.1, -0.05) is 30.3 Å². The molecule has 114 valence electrons. The van der Waals surface area contributed by atoms with E-state index in [1.165, 1.54) is 30.3 Å². The fourth-order valence-electron chi connectivity index (χ4n) is 2.46. The minimum atomic E-state index is -1.17. The number of pyridine rings is 1. The highest BCUT2D eigenvalue weighted by Gasteiger charge is 2.19. The lowest BCUT2D eigenvalue weighted by atomic mass is 9.96. The molecule has 0 spiro atoms. The zero-order valence-electron chi connectivity index (χ0n) is 11.9. The number of aromatic carboxylic acids is 1. The number of carboxylic acid groups (broad SMARTS) is 1. The van der Waals surface area contributed by atoms with Crippen LogP contribution >= 0.6 is 0 Å². The third kappa shape index (κ3) is 2.89. The number of halogens is 1. The van der Waals surface area contributed by atoms with Crippen molar-refractivity contribution in [3.63, 3.8) is 0 Å². The normalized spacial score (nSPS) is 10.5. The molecule has 0 saturated carbocycles. The van der Waals surface area contributed by atoms with Gasteiger partial charge >= 0.3 is 5.97 Å². The second-order valence-corrected chi connectivity index (χ2v) is 4.98. The molecule has 2 aromatic carbocycles. The van der Waals surface area contributed by atoms with Crippen LogP contribution in [0.3, 0.4) is 0 Å². The monoisotopic (exact) mass is 309 g/mol. The zero-order valence-corrected chi connectivity index (χ0v) is 11.9. The first kappa shape index (κ1) is 14.7. The number of benzene rings is 2. The van der Waals surface area contributed by atoms with E-state index in [9.17, 15) is 19.1 Å². The zero-order chi connectivity index (χ0) is 16.4. The topological polar surface area (TPSA) is 70.2 Å². The summed E-state index contributed by atoms with van der Waals surface area (Å²) < 4.78 is 13.1. The lowest BCUT2D eigenvalue weighted by molar-refractivity contribution is 0.0698. The van der Waals surface area contributed by atoms with E-state index in [1.807, 2.05) is 0 Å². The van der Waals surface area contributed by atoms with Crippen molar-refractivity contribution in [2.75, 3.05) is 0 Å². The number of carbonyl (C=O) groups is 1. The Hall–Kier alpha value is -3.21. The Kier molecular flexibility index (Phi) is 3.76. The first-order valence-electron chi connectivity index (χ1n) is 6.88. The SMILES string of the molecule is O=C(O)c1c(-c2ccccc2)cc(=O)[nH]c1-c1ccc(F)cc1. The average Bonchev–Trinajstić information content (AvgIpc) is 2.55. The van der Waals surface area contributed by atoms with Crippen LogP contribution in [0.1, 0.15) is 10.4 Å². The number of rotatable bonds is 3. The van der Waals surface area contributed by atoms with Gasteiger partial charge in [0.25, 0.3) is 0 Å². The molecular formula is C18H12FNO3. The summed E-state index contributed by atoms with van der Waals surface area (Å²) in [5.74, 6) is -1.60. The smallest absolute Gasteiger partial charge is 0.338 e. The summed E-state index contributed by atoms with van der Waals surface area (Å²) in [4.78, 5) is 26.3. The van der Waals surface area contributed by atoms with Crippen molar-refractivity contribution >= 4 is 5.97 Å². The predicted octanol–water partition coefficient (Wildman–Crippen LogP) is 3.55. The van der Waals surface area contributed by atoms with Crippen LogP contribution in [0.25, 0.3) is 22.4 Å². The van der Waals surface area contributed by atoms with Gasteiger partial charge in [-0.05, 0) is 35.4 Å². The molecule has 0 aliphatic rings. The molecule has 3 aromatic rings. The molecule has 5 heteroatoms. The van der Waals surface area contributed by atoms with Crippen molar-refractivity contribution < 1.29 is 14.3 Å². The Balaban J connectivity index is 2.32. The Morgan fingerprint density at radius 3 is 2.22 bits per heavy atom. The van der Waals surface area contributed by atoms with Gasteiger partial charge in [-0.2, -0.15) is 0 Å². The van der Waals surface area contributed by atoms with Crippen LogP contribution < -0.4 is 5.56 Å². The summed E-state index contributed by atoms with van der Waals surface area (Å²) in [5, 5.41) is 9.62. The maximum absolute atomic E-state index is 13.1. The highest BCUT2D eigenvalue weighted by Crippen LogP contribution is 2.29. The number of hydrogen-bond donors (Lipinski definition) is 2. The van der Waals surface area contributed by atoms with Gasteiger partial charge in [0.15, 0.2) is 0 Å². The summed E-state index contributed by atoms with van der Waals surface area (Å²) in [6.07, 6.45) is 0. The second kappa shape index (κ2) is 5.88. The maximum atomic E-state index is 13.1. The van der Waals surface area contributed by atoms with Crippen molar-refractivity contribution in [3.8, 4) is 22.4 Å². The Morgan fingerprint density at radius 1 is 0.957 bits per heavy atom. The van der Waals surface area contributed by atoms with E-state index < -0.39 is 17.3 Å². The van der Waals surface area contributed by atoms with Crippen molar-refractivity contribution in [2.24, 2.45) is 0 Å². The fraction of sp³-hybridized carbons (Fsp3) is 0. The van der Waals surface area contributed by atoms with E-state index in [1.54, 1.807) is 30.3 Å². The van der Waals surface area contributed by atoms with E-state index in [4.69, 9.17) is 0 Å². The number of H-pyrrole nitrogens is 1. The lowest BCUT2D eigenvalue weighted by Crippen LogP contribution is -2.13. The summed E-state index contributed by atoms with van der Waals surface area (Å²) in [5.41, 5.74) is 1.08. The van der Waals surface area contributed by atoms with E-state index in [0.717, 1.165) is 0 Å². The minimum absolute atomic E-state index is 0.0255. The molecule has 1 aromatic heterocycles. The summed E-state index contributed by atoms with van der Waals surface area (Å²) in [6, 6.07) is 15.3.